The van der Waals surface area contributed by atoms with Gasteiger partial charge in [-0.25, -0.2) is 0 Å². The molecular formula is C10H9NSe. The van der Waals surface area contributed by atoms with Gasteiger partial charge < -0.3 is 0 Å². The molecule has 0 aliphatic carbocycles. The van der Waals surface area contributed by atoms with Crippen LogP contribution in [0.3, 0.4) is 0 Å². The second-order valence-electron chi connectivity index (χ2n) is 2.60. The molecule has 0 bridgehead atoms. The predicted octanol–water partition coefficient (Wildman–Crippen LogP) is 1.99. The van der Waals surface area contributed by atoms with E-state index >= 15 is 0 Å². The Morgan fingerprint density at radius 3 is 2.33 bits per heavy atom. The van der Waals surface area contributed by atoms with Crippen molar-refractivity contribution >= 4 is 20.2 Å². The van der Waals surface area contributed by atoms with Gasteiger partial charge in [-0.3, -0.25) is 0 Å². The SMILES string of the molecule is Nc1ccc(-c2ccc[se]2)cc1. The summed E-state index contributed by atoms with van der Waals surface area (Å²) in [7, 11) is 0. The number of hydrogen-bond acceptors (Lipinski definition) is 1. The molecule has 1 nitrogen and oxygen atoms in total. The van der Waals surface area contributed by atoms with E-state index in [9.17, 15) is 0 Å². The van der Waals surface area contributed by atoms with Crippen LogP contribution in [0.2, 0.25) is 0 Å². The molecule has 1 aromatic heterocycles. The van der Waals surface area contributed by atoms with Crippen LogP contribution in [0.15, 0.2) is 41.3 Å². The van der Waals surface area contributed by atoms with Crippen molar-refractivity contribution in [1.29, 1.82) is 0 Å². The van der Waals surface area contributed by atoms with Crippen molar-refractivity contribution in [2.45, 2.75) is 0 Å². The monoisotopic (exact) mass is 223 g/mol. The van der Waals surface area contributed by atoms with E-state index in [1.807, 2.05) is 12.1 Å². The second kappa shape index (κ2) is 3.18. The minimum atomic E-state index is 0.524. The van der Waals surface area contributed by atoms with Gasteiger partial charge in [0.25, 0.3) is 0 Å². The molecule has 2 heteroatoms. The molecule has 0 saturated carbocycles. The number of benzene rings is 1. The topological polar surface area (TPSA) is 26.0 Å². The van der Waals surface area contributed by atoms with Gasteiger partial charge >= 0.3 is 77.3 Å². The van der Waals surface area contributed by atoms with Crippen LogP contribution in [0.4, 0.5) is 5.69 Å². The molecule has 60 valence electrons. The van der Waals surface area contributed by atoms with Crippen molar-refractivity contribution in [1.82, 2.24) is 0 Å². The first-order valence-corrected chi connectivity index (χ1v) is 5.60. The molecular weight excluding hydrogens is 213 g/mol. The Morgan fingerprint density at radius 2 is 1.75 bits per heavy atom. The molecule has 2 N–H and O–H groups in total. The molecule has 0 unspecified atom stereocenters. The number of nitrogen functional groups attached to an aromatic ring is 1. The quantitative estimate of drug-likeness (QED) is 0.579. The molecule has 0 saturated heterocycles. The van der Waals surface area contributed by atoms with Crippen LogP contribution in [0.25, 0.3) is 10.0 Å². The molecule has 0 aliphatic rings. The maximum absolute atomic E-state index is 5.60. The van der Waals surface area contributed by atoms with Crippen molar-refractivity contribution < 1.29 is 0 Å². The van der Waals surface area contributed by atoms with E-state index in [0.29, 0.717) is 14.5 Å². The summed E-state index contributed by atoms with van der Waals surface area (Å²) in [5.41, 5.74) is 7.73. The van der Waals surface area contributed by atoms with Gasteiger partial charge in [-0.2, -0.15) is 0 Å². The van der Waals surface area contributed by atoms with Crippen LogP contribution >= 0.6 is 0 Å². The van der Waals surface area contributed by atoms with Crippen LogP contribution < -0.4 is 5.73 Å². The number of anilines is 1. The van der Waals surface area contributed by atoms with Crippen molar-refractivity contribution in [2.75, 3.05) is 5.73 Å². The predicted molar refractivity (Wildman–Crippen MR) is 53.2 cm³/mol. The van der Waals surface area contributed by atoms with E-state index in [1.165, 1.54) is 10.0 Å². The Hall–Kier alpha value is -0.981. The van der Waals surface area contributed by atoms with E-state index in [-0.39, 0.29) is 0 Å². The van der Waals surface area contributed by atoms with Crippen molar-refractivity contribution in [3.8, 4) is 10.0 Å². The summed E-state index contributed by atoms with van der Waals surface area (Å²) in [5, 5.41) is 0. The van der Waals surface area contributed by atoms with Gasteiger partial charge in [0, 0.05) is 0 Å². The van der Waals surface area contributed by atoms with Crippen LogP contribution in [0.5, 0.6) is 0 Å². The standard InChI is InChI=1S/C10H9NSe/c11-9-5-3-8(4-6-9)10-2-1-7-12-10/h1-7H,11H2. The first-order valence-electron chi connectivity index (χ1n) is 3.76. The van der Waals surface area contributed by atoms with Gasteiger partial charge in [-0.15, -0.1) is 0 Å². The first kappa shape index (κ1) is 7.66. The average Bonchev–Trinajstić information content (AvgIpc) is 2.58. The van der Waals surface area contributed by atoms with Crippen molar-refractivity contribution in [3.63, 3.8) is 0 Å². The molecule has 0 atom stereocenters. The summed E-state index contributed by atoms with van der Waals surface area (Å²) in [6.45, 7) is 0. The molecule has 0 radical (unpaired) electrons. The van der Waals surface area contributed by atoms with Crippen LogP contribution in [0, 0.1) is 0 Å². The summed E-state index contributed by atoms with van der Waals surface area (Å²) < 4.78 is 1.43. The third kappa shape index (κ3) is 1.45. The maximum atomic E-state index is 5.60. The van der Waals surface area contributed by atoms with Gasteiger partial charge in [0.2, 0.25) is 0 Å². The molecule has 1 heterocycles. The third-order valence-electron chi connectivity index (χ3n) is 1.72. The van der Waals surface area contributed by atoms with Crippen LogP contribution in [-0.4, -0.2) is 14.5 Å². The van der Waals surface area contributed by atoms with Gasteiger partial charge in [0.05, 0.1) is 0 Å². The normalized spacial score (nSPS) is 10.0. The second-order valence-corrected chi connectivity index (χ2v) is 4.59. The molecule has 0 aliphatic heterocycles. The molecule has 1 aromatic carbocycles. The Balaban J connectivity index is 2.43. The zero-order valence-corrected chi connectivity index (χ0v) is 8.24. The van der Waals surface area contributed by atoms with Gasteiger partial charge in [-0.05, 0) is 0 Å². The molecule has 2 aromatic rings. The molecule has 0 amide bonds. The summed E-state index contributed by atoms with van der Waals surface area (Å²) in [5.74, 6) is 0. The molecule has 0 fully saturated rings. The molecule has 12 heavy (non-hydrogen) atoms. The Kier molecular flexibility index (Phi) is 2.03. The van der Waals surface area contributed by atoms with Crippen molar-refractivity contribution in [3.05, 3.63) is 41.3 Å². The van der Waals surface area contributed by atoms with E-state index in [4.69, 9.17) is 5.73 Å². The number of nitrogens with two attached hydrogens (primary N) is 1. The minimum absolute atomic E-state index is 0.524. The van der Waals surface area contributed by atoms with E-state index in [2.05, 4.69) is 29.2 Å². The fraction of sp³-hybridized carbons (Fsp3) is 0. The van der Waals surface area contributed by atoms with E-state index in [0.717, 1.165) is 5.69 Å². The van der Waals surface area contributed by atoms with Gasteiger partial charge in [0.1, 0.15) is 0 Å². The molecule has 2 rings (SSSR count). The molecule has 0 spiro atoms. The van der Waals surface area contributed by atoms with Crippen LogP contribution in [0.1, 0.15) is 0 Å². The fourth-order valence-electron chi connectivity index (χ4n) is 1.09. The Bertz CT molecular complexity index is 348. The summed E-state index contributed by atoms with van der Waals surface area (Å²) >= 11 is 0.524. The van der Waals surface area contributed by atoms with Gasteiger partial charge in [-0.1, -0.05) is 0 Å². The average molecular weight is 222 g/mol. The van der Waals surface area contributed by atoms with E-state index < -0.39 is 0 Å². The van der Waals surface area contributed by atoms with E-state index in [1.54, 1.807) is 0 Å². The Morgan fingerprint density at radius 1 is 1.00 bits per heavy atom. The summed E-state index contributed by atoms with van der Waals surface area (Å²) in [6.07, 6.45) is 0. The summed E-state index contributed by atoms with van der Waals surface area (Å²) in [6, 6.07) is 12.3. The summed E-state index contributed by atoms with van der Waals surface area (Å²) in [4.78, 5) is 2.22. The first-order chi connectivity index (χ1) is 5.86. The number of hydrogen-bond donors (Lipinski definition) is 1. The fourth-order valence-corrected chi connectivity index (χ4v) is 2.63. The third-order valence-corrected chi connectivity index (χ3v) is 3.64. The van der Waals surface area contributed by atoms with Gasteiger partial charge in [0.15, 0.2) is 0 Å². The number of rotatable bonds is 1. The van der Waals surface area contributed by atoms with Crippen LogP contribution in [-0.2, 0) is 0 Å². The van der Waals surface area contributed by atoms with Crippen molar-refractivity contribution in [2.24, 2.45) is 0 Å². The Labute approximate surface area is 77.6 Å². The zero-order valence-electron chi connectivity index (χ0n) is 6.53. The zero-order chi connectivity index (χ0) is 8.39.